The fraction of sp³-hybridized carbons (Fsp3) is 0.231. The zero-order valence-corrected chi connectivity index (χ0v) is 21.0. The third-order valence-corrected chi connectivity index (χ3v) is 6.51. The van der Waals surface area contributed by atoms with E-state index in [9.17, 15) is 13.2 Å². The molecule has 0 aliphatic heterocycles. The molecule has 1 amide bonds. The number of amides is 1. The first-order valence-electron chi connectivity index (χ1n) is 11.0. The smallest absolute Gasteiger partial charge is 0.273 e. The molecule has 3 aromatic carbocycles. The normalized spacial score (nSPS) is 11.3. The van der Waals surface area contributed by atoms with E-state index in [1.54, 1.807) is 44.6 Å². The number of hydrogen-bond donors (Lipinski definition) is 1. The van der Waals surface area contributed by atoms with E-state index in [0.717, 1.165) is 17.4 Å². The van der Waals surface area contributed by atoms with Crippen molar-refractivity contribution in [3.63, 3.8) is 0 Å². The van der Waals surface area contributed by atoms with Crippen LogP contribution in [-0.4, -0.2) is 41.0 Å². The van der Waals surface area contributed by atoms with Crippen molar-refractivity contribution in [3.8, 4) is 11.5 Å². The highest BCUT2D eigenvalue weighted by atomic mass is 32.2. The zero-order chi connectivity index (χ0) is 25.4. The van der Waals surface area contributed by atoms with Crippen LogP contribution in [0, 0.1) is 0 Å². The Labute approximate surface area is 206 Å². The number of carbonyl (C=O) groups is 1. The predicted molar refractivity (Wildman–Crippen MR) is 138 cm³/mol. The molecule has 0 fully saturated rings. The van der Waals surface area contributed by atoms with Crippen LogP contribution < -0.4 is 19.2 Å². The maximum atomic E-state index is 13.0. The third-order valence-electron chi connectivity index (χ3n) is 5.38. The van der Waals surface area contributed by atoms with Crippen molar-refractivity contribution in [2.24, 2.45) is 5.10 Å². The fourth-order valence-corrected chi connectivity index (χ4v) is 4.63. The second-order valence-corrected chi connectivity index (χ2v) is 9.60. The molecule has 3 aromatic rings. The minimum absolute atomic E-state index is 0.0933. The number of nitrogens with zero attached hydrogens (tertiary/aromatic N) is 2. The molecule has 0 aliphatic rings. The summed E-state index contributed by atoms with van der Waals surface area (Å²) in [5, 5.41) is 4.09. The molecule has 0 saturated heterocycles. The topological polar surface area (TPSA) is 97.3 Å². The number of benzene rings is 3. The van der Waals surface area contributed by atoms with E-state index in [-0.39, 0.29) is 17.8 Å². The Bertz CT molecular complexity index is 1310. The van der Waals surface area contributed by atoms with Gasteiger partial charge in [0.2, 0.25) is 10.0 Å². The number of nitrogens with one attached hydrogen (secondary N) is 1. The molecular formula is C26H29N3O5S. The lowest BCUT2D eigenvalue weighted by Crippen LogP contribution is -2.32. The molecule has 0 aliphatic carbocycles. The van der Waals surface area contributed by atoms with Gasteiger partial charge in [-0.2, -0.15) is 5.10 Å². The highest BCUT2D eigenvalue weighted by Gasteiger charge is 2.23. The van der Waals surface area contributed by atoms with Crippen molar-refractivity contribution < 1.29 is 22.7 Å². The Morgan fingerprint density at radius 2 is 1.69 bits per heavy atom. The lowest BCUT2D eigenvalue weighted by atomic mass is 10.1. The number of carbonyl (C=O) groups excluding carboxylic acids is 1. The van der Waals surface area contributed by atoms with E-state index in [1.807, 2.05) is 43.3 Å². The summed E-state index contributed by atoms with van der Waals surface area (Å²) in [5.41, 5.74) is 5.30. The minimum atomic E-state index is -3.67. The summed E-state index contributed by atoms with van der Waals surface area (Å²) < 4.78 is 37.4. The summed E-state index contributed by atoms with van der Waals surface area (Å²) in [6.07, 6.45) is 3.29. The third kappa shape index (κ3) is 6.19. The first-order chi connectivity index (χ1) is 16.8. The first-order valence-corrected chi connectivity index (χ1v) is 12.8. The van der Waals surface area contributed by atoms with Gasteiger partial charge in [-0.25, -0.2) is 13.8 Å². The lowest BCUT2D eigenvalue weighted by molar-refractivity contribution is 0.0955. The molecule has 3 rings (SSSR count). The molecule has 0 heterocycles. The van der Waals surface area contributed by atoms with Gasteiger partial charge in [0.15, 0.2) is 0 Å². The Kier molecular flexibility index (Phi) is 8.48. The van der Waals surface area contributed by atoms with Crippen LogP contribution >= 0.6 is 0 Å². The van der Waals surface area contributed by atoms with Crippen LogP contribution in [0.5, 0.6) is 11.5 Å². The van der Waals surface area contributed by atoms with Crippen molar-refractivity contribution >= 4 is 27.8 Å². The van der Waals surface area contributed by atoms with E-state index in [2.05, 4.69) is 10.5 Å². The van der Waals surface area contributed by atoms with Gasteiger partial charge < -0.3 is 9.47 Å². The molecule has 184 valence electrons. The summed E-state index contributed by atoms with van der Waals surface area (Å²) in [5.74, 6) is 0.775. The van der Waals surface area contributed by atoms with Crippen molar-refractivity contribution in [1.29, 1.82) is 0 Å². The van der Waals surface area contributed by atoms with Crippen LogP contribution in [0.4, 0.5) is 5.69 Å². The van der Waals surface area contributed by atoms with Gasteiger partial charge in [-0.15, -0.1) is 0 Å². The van der Waals surface area contributed by atoms with Gasteiger partial charge in [-0.3, -0.25) is 9.10 Å². The summed E-state index contributed by atoms with van der Waals surface area (Å²) >= 11 is 0. The molecule has 0 radical (unpaired) electrons. The highest BCUT2D eigenvalue weighted by Crippen LogP contribution is 2.32. The fourth-order valence-electron chi connectivity index (χ4n) is 3.73. The second-order valence-electron chi connectivity index (χ2n) is 7.69. The Hall–Kier alpha value is -3.85. The van der Waals surface area contributed by atoms with Crippen LogP contribution in [0.3, 0.4) is 0 Å². The number of hydrogen-bond acceptors (Lipinski definition) is 6. The van der Waals surface area contributed by atoms with Gasteiger partial charge in [-0.1, -0.05) is 49.4 Å². The monoisotopic (exact) mass is 495 g/mol. The van der Waals surface area contributed by atoms with Crippen LogP contribution in [0.15, 0.2) is 71.8 Å². The molecule has 35 heavy (non-hydrogen) atoms. The van der Waals surface area contributed by atoms with E-state index < -0.39 is 15.9 Å². The molecule has 0 unspecified atom stereocenters. The molecule has 9 heteroatoms. The Balaban J connectivity index is 1.88. The number of hydrazone groups is 1. The van der Waals surface area contributed by atoms with Crippen LogP contribution in [-0.2, 0) is 23.0 Å². The van der Waals surface area contributed by atoms with E-state index >= 15 is 0 Å². The number of ether oxygens (including phenoxy) is 2. The number of rotatable bonds is 10. The molecule has 0 atom stereocenters. The predicted octanol–water partition coefficient (Wildman–Crippen LogP) is 4.00. The largest absolute Gasteiger partial charge is 0.496 e. The van der Waals surface area contributed by atoms with Crippen molar-refractivity contribution in [2.45, 2.75) is 19.9 Å². The summed E-state index contributed by atoms with van der Waals surface area (Å²) in [6.45, 7) is 2.08. The van der Waals surface area contributed by atoms with Crippen molar-refractivity contribution in [1.82, 2.24) is 5.43 Å². The Morgan fingerprint density at radius 1 is 1.00 bits per heavy atom. The zero-order valence-electron chi connectivity index (χ0n) is 20.2. The van der Waals surface area contributed by atoms with Crippen molar-refractivity contribution in [3.05, 3.63) is 89.0 Å². The van der Waals surface area contributed by atoms with Crippen LogP contribution in [0.25, 0.3) is 0 Å². The van der Waals surface area contributed by atoms with Crippen molar-refractivity contribution in [2.75, 3.05) is 24.8 Å². The van der Waals surface area contributed by atoms with Crippen LogP contribution in [0.1, 0.15) is 34.0 Å². The summed E-state index contributed by atoms with van der Waals surface area (Å²) in [6, 6.07) is 19.3. The first kappa shape index (κ1) is 25.8. The number of para-hydroxylation sites is 1. The molecule has 8 nitrogen and oxygen atoms in total. The second kappa shape index (κ2) is 11.5. The van der Waals surface area contributed by atoms with Gasteiger partial charge in [-0.05, 0) is 36.2 Å². The van der Waals surface area contributed by atoms with E-state index in [1.165, 1.54) is 10.5 Å². The van der Waals surface area contributed by atoms with Gasteiger partial charge in [0.1, 0.15) is 11.5 Å². The molecule has 0 saturated carbocycles. The average molecular weight is 496 g/mol. The maximum absolute atomic E-state index is 13.0. The van der Waals surface area contributed by atoms with Gasteiger partial charge in [0.05, 0.1) is 44.5 Å². The lowest BCUT2D eigenvalue weighted by Gasteiger charge is -2.24. The number of methoxy groups -OCH3 is 2. The Morgan fingerprint density at radius 3 is 2.31 bits per heavy atom. The SMILES string of the molecule is CCc1c(OC)ccc(/C=N/NC(=O)c2ccccc2N(Cc2ccccc2)S(C)(=O)=O)c1OC. The molecule has 0 bridgehead atoms. The minimum Gasteiger partial charge on any atom is -0.496 e. The summed E-state index contributed by atoms with van der Waals surface area (Å²) in [4.78, 5) is 13.0. The summed E-state index contributed by atoms with van der Waals surface area (Å²) in [7, 11) is -0.516. The molecule has 0 spiro atoms. The number of anilines is 1. The van der Waals surface area contributed by atoms with Gasteiger partial charge in [0.25, 0.3) is 5.91 Å². The highest BCUT2D eigenvalue weighted by molar-refractivity contribution is 7.92. The van der Waals surface area contributed by atoms with Gasteiger partial charge >= 0.3 is 0 Å². The quantitative estimate of drug-likeness (QED) is 0.339. The van der Waals surface area contributed by atoms with Gasteiger partial charge in [0, 0.05) is 11.1 Å². The standard InChI is InChI=1S/C26H29N3O5S/c1-5-21-24(33-2)16-15-20(25(21)34-3)17-27-28-26(30)22-13-9-10-14-23(22)29(35(4,31)32)18-19-11-7-6-8-12-19/h6-17H,5,18H2,1-4H3,(H,28,30)/b27-17+. The molecule has 1 N–H and O–H groups in total. The van der Waals surface area contributed by atoms with E-state index in [0.29, 0.717) is 23.5 Å². The molecular weight excluding hydrogens is 466 g/mol. The van der Waals surface area contributed by atoms with Crippen LogP contribution in [0.2, 0.25) is 0 Å². The maximum Gasteiger partial charge on any atom is 0.273 e. The van der Waals surface area contributed by atoms with E-state index in [4.69, 9.17) is 9.47 Å². The molecule has 0 aromatic heterocycles. The number of sulfonamides is 1. The average Bonchev–Trinajstić information content (AvgIpc) is 2.86.